The molecular formula is C13H16ClIN4. The number of nitrogens with one attached hydrogen (secondary N) is 1. The fourth-order valence-electron chi connectivity index (χ4n) is 1.85. The molecule has 1 aromatic heterocycles. The number of hydrogen-bond donors (Lipinski definition) is 2. The summed E-state index contributed by atoms with van der Waals surface area (Å²) in [7, 11) is 1.87. The van der Waals surface area contributed by atoms with Crippen LogP contribution in [0.2, 0.25) is 5.02 Å². The first-order chi connectivity index (χ1) is 8.90. The molecule has 0 aliphatic carbocycles. The first kappa shape index (κ1) is 14.5. The van der Waals surface area contributed by atoms with Crippen LogP contribution in [-0.2, 0) is 7.05 Å². The molecule has 0 aliphatic heterocycles. The fraction of sp³-hybridized carbons (Fsp3) is 0.308. The number of nitrogen functional groups attached to an aromatic ring is 1. The van der Waals surface area contributed by atoms with Crippen LogP contribution in [0.1, 0.15) is 25.5 Å². The summed E-state index contributed by atoms with van der Waals surface area (Å²) in [5.41, 5.74) is 8.54. The van der Waals surface area contributed by atoms with E-state index in [0.717, 1.165) is 20.8 Å². The van der Waals surface area contributed by atoms with Crippen LogP contribution in [0.4, 0.5) is 17.2 Å². The lowest BCUT2D eigenvalue weighted by Gasteiger charge is -2.10. The van der Waals surface area contributed by atoms with Gasteiger partial charge in [-0.1, -0.05) is 25.4 Å². The second-order valence-corrected chi connectivity index (χ2v) is 6.33. The average Bonchev–Trinajstić information content (AvgIpc) is 2.60. The van der Waals surface area contributed by atoms with Crippen LogP contribution in [0, 0.1) is 3.57 Å². The van der Waals surface area contributed by atoms with E-state index in [1.54, 1.807) is 4.68 Å². The van der Waals surface area contributed by atoms with Gasteiger partial charge in [0.15, 0.2) is 5.82 Å². The number of aromatic nitrogens is 2. The lowest BCUT2D eigenvalue weighted by molar-refractivity contribution is 0.718. The number of anilines is 3. The Hall–Kier alpha value is -0.950. The molecule has 0 atom stereocenters. The Labute approximate surface area is 131 Å². The Morgan fingerprint density at radius 3 is 2.63 bits per heavy atom. The van der Waals surface area contributed by atoms with Gasteiger partial charge < -0.3 is 11.1 Å². The highest BCUT2D eigenvalue weighted by Gasteiger charge is 2.16. The Morgan fingerprint density at radius 1 is 1.42 bits per heavy atom. The molecular weight excluding hydrogens is 375 g/mol. The summed E-state index contributed by atoms with van der Waals surface area (Å²) in [6, 6.07) is 5.83. The Kier molecular flexibility index (Phi) is 4.25. The largest absolute Gasteiger partial charge is 0.394 e. The molecule has 3 N–H and O–H groups in total. The van der Waals surface area contributed by atoms with Crippen LogP contribution in [0.15, 0.2) is 18.2 Å². The standard InChI is InChI=1S/C13H16ClIN4/c1-7(2)12-11(16)13(19(3)18-12)17-10-5-4-8(15)6-9(10)14/h4-7,17H,16H2,1-3H3. The van der Waals surface area contributed by atoms with E-state index in [1.807, 2.05) is 25.2 Å². The molecule has 0 fully saturated rings. The zero-order valence-electron chi connectivity index (χ0n) is 11.0. The van der Waals surface area contributed by atoms with Gasteiger partial charge in [-0.2, -0.15) is 5.10 Å². The Bertz CT molecular complexity index is 607. The summed E-state index contributed by atoms with van der Waals surface area (Å²) in [6.07, 6.45) is 0. The van der Waals surface area contributed by atoms with E-state index < -0.39 is 0 Å². The first-order valence-corrected chi connectivity index (χ1v) is 7.40. The molecule has 19 heavy (non-hydrogen) atoms. The van der Waals surface area contributed by atoms with Crippen LogP contribution < -0.4 is 11.1 Å². The molecule has 4 nitrogen and oxygen atoms in total. The van der Waals surface area contributed by atoms with Crippen molar-refractivity contribution < 1.29 is 0 Å². The maximum Gasteiger partial charge on any atom is 0.152 e. The molecule has 0 radical (unpaired) electrons. The zero-order chi connectivity index (χ0) is 14.2. The molecule has 6 heteroatoms. The average molecular weight is 391 g/mol. The third-order valence-corrected chi connectivity index (χ3v) is 3.83. The number of benzene rings is 1. The lowest BCUT2D eigenvalue weighted by atomic mass is 10.1. The van der Waals surface area contributed by atoms with Crippen LogP contribution >= 0.6 is 34.2 Å². The summed E-state index contributed by atoms with van der Waals surface area (Å²) in [5, 5.41) is 8.35. The molecule has 0 amide bonds. The lowest BCUT2D eigenvalue weighted by Crippen LogP contribution is -2.01. The van der Waals surface area contributed by atoms with Gasteiger partial charge >= 0.3 is 0 Å². The highest BCUT2D eigenvalue weighted by molar-refractivity contribution is 14.1. The topological polar surface area (TPSA) is 55.9 Å². The van der Waals surface area contributed by atoms with Gasteiger partial charge in [-0.15, -0.1) is 0 Å². The van der Waals surface area contributed by atoms with Crippen molar-refractivity contribution >= 4 is 51.4 Å². The van der Waals surface area contributed by atoms with Crippen molar-refractivity contribution in [2.45, 2.75) is 19.8 Å². The maximum absolute atomic E-state index is 6.22. The molecule has 1 heterocycles. The van der Waals surface area contributed by atoms with Crippen LogP contribution in [0.25, 0.3) is 0 Å². The van der Waals surface area contributed by atoms with Crippen LogP contribution in [0.5, 0.6) is 0 Å². The molecule has 0 unspecified atom stereocenters. The molecule has 0 saturated carbocycles. The number of halogens is 2. The summed E-state index contributed by atoms with van der Waals surface area (Å²) in [5.74, 6) is 1.06. The van der Waals surface area contributed by atoms with E-state index >= 15 is 0 Å². The van der Waals surface area contributed by atoms with Crippen molar-refractivity contribution in [3.8, 4) is 0 Å². The highest BCUT2D eigenvalue weighted by atomic mass is 127. The van der Waals surface area contributed by atoms with Crippen molar-refractivity contribution in [2.75, 3.05) is 11.1 Å². The van der Waals surface area contributed by atoms with Gasteiger partial charge in [0, 0.05) is 10.6 Å². The Balaban J connectivity index is 2.38. The van der Waals surface area contributed by atoms with Crippen molar-refractivity contribution in [3.63, 3.8) is 0 Å². The third kappa shape index (κ3) is 2.97. The number of rotatable bonds is 3. The smallest absolute Gasteiger partial charge is 0.152 e. The summed E-state index contributed by atoms with van der Waals surface area (Å²) >= 11 is 8.44. The van der Waals surface area contributed by atoms with E-state index in [-0.39, 0.29) is 5.92 Å². The molecule has 2 aromatic rings. The number of hydrogen-bond acceptors (Lipinski definition) is 3. The van der Waals surface area contributed by atoms with Gasteiger partial charge in [0.25, 0.3) is 0 Å². The quantitative estimate of drug-likeness (QED) is 0.775. The monoisotopic (exact) mass is 390 g/mol. The summed E-state index contributed by atoms with van der Waals surface area (Å²) < 4.78 is 2.84. The van der Waals surface area contributed by atoms with Crippen molar-refractivity contribution in [1.82, 2.24) is 9.78 Å². The molecule has 0 bridgehead atoms. The van der Waals surface area contributed by atoms with Crippen LogP contribution in [-0.4, -0.2) is 9.78 Å². The molecule has 0 saturated heterocycles. The van der Waals surface area contributed by atoms with E-state index in [2.05, 4.69) is 46.9 Å². The van der Waals surface area contributed by atoms with E-state index in [4.69, 9.17) is 17.3 Å². The second-order valence-electron chi connectivity index (χ2n) is 4.67. The van der Waals surface area contributed by atoms with E-state index in [0.29, 0.717) is 10.7 Å². The molecule has 102 valence electrons. The maximum atomic E-state index is 6.22. The van der Waals surface area contributed by atoms with E-state index in [9.17, 15) is 0 Å². The van der Waals surface area contributed by atoms with Gasteiger partial charge in [0.2, 0.25) is 0 Å². The first-order valence-electron chi connectivity index (χ1n) is 5.94. The molecule has 1 aromatic carbocycles. The second kappa shape index (κ2) is 5.58. The fourth-order valence-corrected chi connectivity index (χ4v) is 2.76. The highest BCUT2D eigenvalue weighted by Crippen LogP contribution is 2.33. The third-order valence-electron chi connectivity index (χ3n) is 2.84. The SMILES string of the molecule is CC(C)c1nn(C)c(Nc2ccc(I)cc2Cl)c1N. The minimum atomic E-state index is 0.286. The van der Waals surface area contributed by atoms with Crippen molar-refractivity contribution in [2.24, 2.45) is 7.05 Å². The molecule has 0 aliphatic rings. The zero-order valence-corrected chi connectivity index (χ0v) is 14.0. The van der Waals surface area contributed by atoms with E-state index in [1.165, 1.54) is 0 Å². The number of aryl methyl sites for hydroxylation is 1. The number of nitrogens with two attached hydrogens (primary N) is 1. The van der Waals surface area contributed by atoms with Gasteiger partial charge in [0.05, 0.1) is 22.1 Å². The minimum absolute atomic E-state index is 0.286. The Morgan fingerprint density at radius 2 is 2.11 bits per heavy atom. The summed E-state index contributed by atoms with van der Waals surface area (Å²) in [6.45, 7) is 4.14. The molecule has 2 rings (SSSR count). The van der Waals surface area contributed by atoms with Gasteiger partial charge in [-0.3, -0.25) is 4.68 Å². The minimum Gasteiger partial charge on any atom is -0.394 e. The van der Waals surface area contributed by atoms with Gasteiger partial charge in [-0.05, 0) is 46.7 Å². The molecule has 0 spiro atoms. The predicted octanol–water partition coefficient (Wildman–Crippen LogP) is 4.13. The van der Waals surface area contributed by atoms with Crippen LogP contribution in [0.3, 0.4) is 0 Å². The van der Waals surface area contributed by atoms with Crippen molar-refractivity contribution in [1.29, 1.82) is 0 Å². The van der Waals surface area contributed by atoms with Gasteiger partial charge in [-0.25, -0.2) is 0 Å². The summed E-state index contributed by atoms with van der Waals surface area (Å²) in [4.78, 5) is 0. The van der Waals surface area contributed by atoms with Crippen molar-refractivity contribution in [3.05, 3.63) is 32.5 Å². The predicted molar refractivity (Wildman–Crippen MR) is 89.2 cm³/mol. The normalized spacial score (nSPS) is 11.1. The van der Waals surface area contributed by atoms with Gasteiger partial charge in [0.1, 0.15) is 0 Å². The number of nitrogens with zero attached hydrogens (tertiary/aromatic N) is 2.